The highest BCUT2D eigenvalue weighted by atomic mass is 16.3. The van der Waals surface area contributed by atoms with Crippen molar-refractivity contribution in [1.29, 1.82) is 0 Å². The van der Waals surface area contributed by atoms with Crippen LogP contribution in [0.3, 0.4) is 0 Å². The zero-order chi connectivity index (χ0) is 17.1. The summed E-state index contributed by atoms with van der Waals surface area (Å²) >= 11 is 0. The lowest BCUT2D eigenvalue weighted by Crippen LogP contribution is -2.27. The maximum Gasteiger partial charge on any atom is 0.251 e. The van der Waals surface area contributed by atoms with Crippen molar-refractivity contribution in [3.8, 4) is 0 Å². The zero-order valence-electron chi connectivity index (χ0n) is 14.1. The first-order valence-electron chi connectivity index (χ1n) is 8.63. The molecule has 25 heavy (non-hydrogen) atoms. The first kappa shape index (κ1) is 15.8. The van der Waals surface area contributed by atoms with Crippen LogP contribution in [0.15, 0.2) is 64.5 Å². The fourth-order valence-corrected chi connectivity index (χ4v) is 3.49. The number of fused-ring (bicyclic) bond motifs is 1. The van der Waals surface area contributed by atoms with Crippen LogP contribution in [0, 0.1) is 0 Å². The Morgan fingerprint density at radius 1 is 1.04 bits per heavy atom. The van der Waals surface area contributed by atoms with Crippen LogP contribution in [0.2, 0.25) is 0 Å². The monoisotopic (exact) mass is 335 g/mol. The smallest absolute Gasteiger partial charge is 0.251 e. The Balaban J connectivity index is 1.58. The third-order valence-electron chi connectivity index (χ3n) is 4.80. The summed E-state index contributed by atoms with van der Waals surface area (Å²) in [6.07, 6.45) is 8.94. The summed E-state index contributed by atoms with van der Waals surface area (Å²) in [5.74, 6) is 0. The van der Waals surface area contributed by atoms with Gasteiger partial charge in [0.25, 0.3) is 5.56 Å². The van der Waals surface area contributed by atoms with Crippen LogP contribution < -0.4 is 5.56 Å². The summed E-state index contributed by atoms with van der Waals surface area (Å²) in [4.78, 5) is 19.0. The second-order valence-electron chi connectivity index (χ2n) is 6.50. The lowest BCUT2D eigenvalue weighted by atomic mass is 10.1. The predicted molar refractivity (Wildman–Crippen MR) is 95.4 cm³/mol. The molecule has 0 amide bonds. The van der Waals surface area contributed by atoms with Crippen molar-refractivity contribution in [2.45, 2.75) is 25.9 Å². The second kappa shape index (κ2) is 7.07. The van der Waals surface area contributed by atoms with E-state index in [1.54, 1.807) is 24.8 Å². The maximum atomic E-state index is 12.5. The molecule has 4 heterocycles. The highest BCUT2D eigenvalue weighted by Crippen LogP contribution is 2.17. The molecular weight excluding hydrogens is 314 g/mol. The Bertz CT molecular complexity index is 885. The molecule has 0 radical (unpaired) electrons. The van der Waals surface area contributed by atoms with E-state index in [0.29, 0.717) is 6.54 Å². The predicted octanol–water partition coefficient (Wildman–Crippen LogP) is 2.49. The minimum atomic E-state index is 0.0610. The molecule has 1 aliphatic rings. The number of pyridine rings is 2. The molecule has 0 spiro atoms. The first-order valence-corrected chi connectivity index (χ1v) is 8.63. The maximum absolute atomic E-state index is 12.5. The van der Waals surface area contributed by atoms with E-state index >= 15 is 0 Å². The van der Waals surface area contributed by atoms with Crippen molar-refractivity contribution < 1.29 is 4.42 Å². The van der Waals surface area contributed by atoms with Gasteiger partial charge < -0.3 is 8.98 Å². The molecule has 0 atom stereocenters. The van der Waals surface area contributed by atoms with Gasteiger partial charge in [-0.1, -0.05) is 12.1 Å². The van der Waals surface area contributed by atoms with Gasteiger partial charge in [0, 0.05) is 55.8 Å². The second-order valence-corrected chi connectivity index (χ2v) is 6.50. The molecule has 3 aromatic rings. The molecule has 0 saturated carbocycles. The number of nitrogens with zero attached hydrogens (tertiary/aromatic N) is 3. The van der Waals surface area contributed by atoms with Crippen LogP contribution in [0.25, 0.3) is 0 Å². The minimum absolute atomic E-state index is 0.0610. The van der Waals surface area contributed by atoms with Crippen LogP contribution in [0.1, 0.15) is 22.4 Å². The summed E-state index contributed by atoms with van der Waals surface area (Å²) in [5.41, 5.74) is 4.74. The molecule has 5 nitrogen and oxygen atoms in total. The molecule has 128 valence electrons. The summed E-state index contributed by atoms with van der Waals surface area (Å²) in [7, 11) is 0. The van der Waals surface area contributed by atoms with Crippen molar-refractivity contribution >= 4 is 0 Å². The molecule has 0 saturated heterocycles. The fourth-order valence-electron chi connectivity index (χ4n) is 3.49. The van der Waals surface area contributed by atoms with Gasteiger partial charge in [0.15, 0.2) is 0 Å². The van der Waals surface area contributed by atoms with Crippen LogP contribution in [0.4, 0.5) is 0 Å². The van der Waals surface area contributed by atoms with E-state index in [9.17, 15) is 4.79 Å². The Morgan fingerprint density at radius 3 is 2.76 bits per heavy atom. The Labute approximate surface area is 146 Å². The quantitative estimate of drug-likeness (QED) is 0.735. The Kier molecular flexibility index (Phi) is 4.48. The molecule has 1 aliphatic heterocycles. The number of rotatable bonds is 4. The molecule has 0 aliphatic carbocycles. The van der Waals surface area contributed by atoms with E-state index in [1.807, 2.05) is 35.0 Å². The molecule has 5 heteroatoms. The highest BCUT2D eigenvalue weighted by molar-refractivity contribution is 5.25. The van der Waals surface area contributed by atoms with Crippen LogP contribution in [-0.2, 0) is 25.9 Å². The van der Waals surface area contributed by atoms with Gasteiger partial charge in [0.1, 0.15) is 0 Å². The number of hydrogen-bond donors (Lipinski definition) is 0. The van der Waals surface area contributed by atoms with E-state index < -0.39 is 0 Å². The van der Waals surface area contributed by atoms with Crippen LogP contribution in [-0.4, -0.2) is 27.5 Å². The molecule has 0 fully saturated rings. The molecular formula is C20H21N3O2. The van der Waals surface area contributed by atoms with Gasteiger partial charge in [-0.15, -0.1) is 0 Å². The molecule has 0 bridgehead atoms. The average Bonchev–Trinajstić information content (AvgIpc) is 3.06. The summed E-state index contributed by atoms with van der Waals surface area (Å²) in [6, 6.07) is 9.63. The largest absolute Gasteiger partial charge is 0.472 e. The Hall–Kier alpha value is -2.66. The van der Waals surface area contributed by atoms with Crippen molar-refractivity contribution in [3.05, 3.63) is 88.0 Å². The third-order valence-corrected chi connectivity index (χ3v) is 4.80. The van der Waals surface area contributed by atoms with Crippen molar-refractivity contribution in [2.24, 2.45) is 0 Å². The molecule has 3 aromatic heterocycles. The molecule has 4 rings (SSSR count). The minimum Gasteiger partial charge on any atom is -0.472 e. The van der Waals surface area contributed by atoms with E-state index in [0.717, 1.165) is 43.7 Å². The number of hydrogen-bond acceptors (Lipinski definition) is 4. The van der Waals surface area contributed by atoms with Crippen molar-refractivity contribution in [3.63, 3.8) is 0 Å². The first-order chi connectivity index (χ1) is 12.3. The molecule has 0 unspecified atom stereocenters. The van der Waals surface area contributed by atoms with Crippen molar-refractivity contribution in [2.75, 3.05) is 13.1 Å². The van der Waals surface area contributed by atoms with Gasteiger partial charge in [-0.05, 0) is 29.7 Å². The van der Waals surface area contributed by atoms with E-state index in [-0.39, 0.29) is 5.56 Å². The van der Waals surface area contributed by atoms with Crippen LogP contribution in [0.5, 0.6) is 0 Å². The zero-order valence-corrected chi connectivity index (χ0v) is 14.1. The average molecular weight is 335 g/mol. The van der Waals surface area contributed by atoms with Gasteiger partial charge in [0.2, 0.25) is 0 Å². The summed E-state index contributed by atoms with van der Waals surface area (Å²) in [5, 5.41) is 0. The van der Waals surface area contributed by atoms with Gasteiger partial charge in [-0.2, -0.15) is 0 Å². The normalized spacial score (nSPS) is 14.9. The number of furan rings is 1. The Morgan fingerprint density at radius 2 is 1.96 bits per heavy atom. The third kappa shape index (κ3) is 3.56. The molecule has 0 N–H and O–H groups in total. The van der Waals surface area contributed by atoms with Gasteiger partial charge in [0.05, 0.1) is 19.1 Å². The molecule has 0 aromatic carbocycles. The van der Waals surface area contributed by atoms with Gasteiger partial charge in [-0.3, -0.25) is 14.7 Å². The lowest BCUT2D eigenvalue weighted by Gasteiger charge is -2.18. The van der Waals surface area contributed by atoms with Gasteiger partial charge >= 0.3 is 0 Å². The highest BCUT2D eigenvalue weighted by Gasteiger charge is 2.18. The van der Waals surface area contributed by atoms with Gasteiger partial charge in [-0.25, -0.2) is 0 Å². The fraction of sp³-hybridized carbons (Fsp3) is 0.300. The van der Waals surface area contributed by atoms with E-state index in [2.05, 4.69) is 9.88 Å². The van der Waals surface area contributed by atoms with Crippen LogP contribution >= 0.6 is 0 Å². The topological polar surface area (TPSA) is 51.3 Å². The lowest BCUT2D eigenvalue weighted by molar-refractivity contribution is 0.277. The SMILES string of the molecule is O=c1ccc2c(n1Cc1cccnc1)CCN(Cc1ccoc1)CC2. The van der Waals surface area contributed by atoms with E-state index in [4.69, 9.17) is 4.42 Å². The number of aromatic nitrogens is 2. The standard InChI is InChI=1S/C20H21N3O2/c24-20-4-3-18-5-9-22(13-17-7-11-25-15-17)10-6-19(18)23(20)14-16-2-1-8-21-12-16/h1-4,7-8,11-12,15H,5-6,9-10,13-14H2. The summed E-state index contributed by atoms with van der Waals surface area (Å²) < 4.78 is 7.08. The van der Waals surface area contributed by atoms with E-state index in [1.165, 1.54) is 11.1 Å². The summed E-state index contributed by atoms with van der Waals surface area (Å²) in [6.45, 7) is 3.40. The van der Waals surface area contributed by atoms with Crippen molar-refractivity contribution in [1.82, 2.24) is 14.5 Å².